The standard InChI is InChI=1S/C25H27F3N2O2/c26-25(27,28)24(13-16-29(18-24)17-19-7-3-1-4-8-19)23(32)30-14-11-21(12-15-30)22(31)20-9-5-2-6-10-20/h1-10,21H,11-18H2. The van der Waals surface area contributed by atoms with Gasteiger partial charge in [-0.2, -0.15) is 13.2 Å². The minimum Gasteiger partial charge on any atom is -0.342 e. The summed E-state index contributed by atoms with van der Waals surface area (Å²) in [6, 6.07) is 18.2. The molecule has 1 amide bonds. The van der Waals surface area contributed by atoms with E-state index >= 15 is 0 Å². The van der Waals surface area contributed by atoms with Crippen molar-refractivity contribution in [2.45, 2.75) is 32.0 Å². The highest BCUT2D eigenvalue weighted by Gasteiger charge is 2.64. The normalized spacial score (nSPS) is 22.8. The van der Waals surface area contributed by atoms with Crippen molar-refractivity contribution in [1.29, 1.82) is 0 Å². The third-order valence-corrected chi connectivity index (χ3v) is 6.76. The van der Waals surface area contributed by atoms with Crippen LogP contribution in [-0.4, -0.2) is 53.8 Å². The van der Waals surface area contributed by atoms with Crippen molar-refractivity contribution in [3.05, 3.63) is 71.8 Å². The number of halogens is 3. The van der Waals surface area contributed by atoms with Crippen molar-refractivity contribution in [1.82, 2.24) is 9.80 Å². The van der Waals surface area contributed by atoms with Gasteiger partial charge in [-0.25, -0.2) is 0 Å². The number of hydrogen-bond donors (Lipinski definition) is 0. The molecule has 170 valence electrons. The second-order valence-corrected chi connectivity index (χ2v) is 8.82. The van der Waals surface area contributed by atoms with Crippen LogP contribution in [0.15, 0.2) is 60.7 Å². The summed E-state index contributed by atoms with van der Waals surface area (Å²) in [7, 11) is 0. The summed E-state index contributed by atoms with van der Waals surface area (Å²) in [5.41, 5.74) is -0.840. The highest BCUT2D eigenvalue weighted by molar-refractivity contribution is 5.98. The molecule has 1 unspecified atom stereocenters. The Morgan fingerprint density at radius 2 is 1.50 bits per heavy atom. The maximum atomic E-state index is 14.2. The van der Waals surface area contributed by atoms with Gasteiger partial charge in [0.1, 0.15) is 0 Å². The zero-order valence-electron chi connectivity index (χ0n) is 17.9. The monoisotopic (exact) mass is 444 g/mol. The lowest BCUT2D eigenvalue weighted by atomic mass is 9.82. The predicted molar refractivity (Wildman–Crippen MR) is 115 cm³/mol. The molecule has 0 bridgehead atoms. The largest absolute Gasteiger partial charge is 0.404 e. The van der Waals surface area contributed by atoms with E-state index in [1.54, 1.807) is 29.2 Å². The Bertz CT molecular complexity index is 941. The van der Waals surface area contributed by atoms with Gasteiger partial charge in [0.05, 0.1) is 0 Å². The first-order valence-electron chi connectivity index (χ1n) is 11.0. The minimum absolute atomic E-state index is 0.00173. The number of carbonyl (C=O) groups excluding carboxylic acids is 2. The lowest BCUT2D eigenvalue weighted by molar-refractivity contribution is -0.224. The summed E-state index contributed by atoms with van der Waals surface area (Å²) in [6.45, 7) is 0.646. The molecule has 2 aliphatic heterocycles. The van der Waals surface area contributed by atoms with Gasteiger partial charge in [0.25, 0.3) is 0 Å². The topological polar surface area (TPSA) is 40.6 Å². The highest BCUT2D eigenvalue weighted by atomic mass is 19.4. The molecule has 0 N–H and O–H groups in total. The van der Waals surface area contributed by atoms with Gasteiger partial charge < -0.3 is 4.90 Å². The summed E-state index contributed by atoms with van der Waals surface area (Å²) in [6.07, 6.45) is -4.07. The third kappa shape index (κ3) is 4.44. The smallest absolute Gasteiger partial charge is 0.342 e. The van der Waals surface area contributed by atoms with E-state index in [0.29, 0.717) is 24.9 Å². The lowest BCUT2D eigenvalue weighted by Crippen LogP contribution is -2.55. The van der Waals surface area contributed by atoms with Crippen LogP contribution in [0.1, 0.15) is 35.2 Å². The van der Waals surface area contributed by atoms with Crippen LogP contribution in [0.4, 0.5) is 13.2 Å². The molecule has 2 aromatic rings. The second kappa shape index (κ2) is 9.06. The predicted octanol–water partition coefficient (Wildman–Crippen LogP) is 4.56. The highest BCUT2D eigenvalue weighted by Crippen LogP contribution is 2.47. The summed E-state index contributed by atoms with van der Waals surface area (Å²) < 4.78 is 42.7. The Labute approximate surface area is 186 Å². The number of Topliss-reactive ketones (excluding diaryl/α,β-unsaturated/α-hetero) is 1. The number of amides is 1. The Balaban J connectivity index is 1.43. The fourth-order valence-electron chi connectivity index (χ4n) is 4.88. The van der Waals surface area contributed by atoms with Crippen molar-refractivity contribution >= 4 is 11.7 Å². The SMILES string of the molecule is O=C(c1ccccc1)C1CCN(C(=O)C2(C(F)(F)F)CCN(Cc3ccccc3)C2)CC1. The molecular formula is C25H27F3N2O2. The van der Waals surface area contributed by atoms with Gasteiger partial charge in [0.15, 0.2) is 11.2 Å². The van der Waals surface area contributed by atoms with E-state index in [4.69, 9.17) is 0 Å². The lowest BCUT2D eigenvalue weighted by Gasteiger charge is -2.39. The average molecular weight is 444 g/mol. The Hall–Kier alpha value is -2.67. The number of nitrogens with zero attached hydrogens (tertiary/aromatic N) is 2. The Morgan fingerprint density at radius 1 is 0.906 bits per heavy atom. The van der Waals surface area contributed by atoms with E-state index in [1.165, 1.54) is 4.90 Å². The maximum Gasteiger partial charge on any atom is 0.404 e. The Kier molecular flexibility index (Phi) is 6.38. The molecule has 1 atom stereocenters. The van der Waals surface area contributed by atoms with Gasteiger partial charge in [-0.05, 0) is 31.4 Å². The number of ketones is 1. The van der Waals surface area contributed by atoms with E-state index in [2.05, 4.69) is 0 Å². The van der Waals surface area contributed by atoms with E-state index < -0.39 is 17.5 Å². The molecule has 32 heavy (non-hydrogen) atoms. The first-order valence-corrected chi connectivity index (χ1v) is 11.0. The van der Waals surface area contributed by atoms with Crippen LogP contribution in [0.2, 0.25) is 0 Å². The number of alkyl halides is 3. The van der Waals surface area contributed by atoms with Gasteiger partial charge in [0, 0.05) is 37.7 Å². The number of piperidine rings is 1. The maximum absolute atomic E-state index is 14.2. The summed E-state index contributed by atoms with van der Waals surface area (Å²) in [5.74, 6) is -1.11. The fraction of sp³-hybridized carbons (Fsp3) is 0.440. The van der Waals surface area contributed by atoms with E-state index in [9.17, 15) is 22.8 Å². The third-order valence-electron chi connectivity index (χ3n) is 6.76. The molecule has 2 heterocycles. The van der Waals surface area contributed by atoms with E-state index in [-0.39, 0.29) is 44.3 Å². The van der Waals surface area contributed by atoms with Crippen LogP contribution in [0.5, 0.6) is 0 Å². The molecule has 0 radical (unpaired) electrons. The molecule has 0 aromatic heterocycles. The molecule has 2 aliphatic rings. The zero-order chi connectivity index (χ0) is 22.8. The average Bonchev–Trinajstić information content (AvgIpc) is 3.25. The molecule has 0 aliphatic carbocycles. The first-order chi connectivity index (χ1) is 15.3. The molecule has 2 fully saturated rings. The van der Waals surface area contributed by atoms with E-state index in [0.717, 1.165) is 5.56 Å². The van der Waals surface area contributed by atoms with Crippen molar-refractivity contribution in [2.24, 2.45) is 11.3 Å². The number of benzene rings is 2. The van der Waals surface area contributed by atoms with Gasteiger partial charge in [-0.15, -0.1) is 0 Å². The molecule has 4 nitrogen and oxygen atoms in total. The molecular weight excluding hydrogens is 417 g/mol. The van der Waals surface area contributed by atoms with Crippen molar-refractivity contribution in [2.75, 3.05) is 26.2 Å². The van der Waals surface area contributed by atoms with Crippen LogP contribution in [0.3, 0.4) is 0 Å². The van der Waals surface area contributed by atoms with Crippen LogP contribution < -0.4 is 0 Å². The van der Waals surface area contributed by atoms with Gasteiger partial charge in [-0.3, -0.25) is 14.5 Å². The molecule has 0 saturated carbocycles. The zero-order valence-corrected chi connectivity index (χ0v) is 17.9. The van der Waals surface area contributed by atoms with Crippen molar-refractivity contribution in [3.63, 3.8) is 0 Å². The van der Waals surface area contributed by atoms with Crippen LogP contribution >= 0.6 is 0 Å². The number of likely N-dealkylation sites (tertiary alicyclic amines) is 2. The number of rotatable bonds is 5. The minimum atomic E-state index is -4.62. The van der Waals surface area contributed by atoms with Crippen LogP contribution in [0.25, 0.3) is 0 Å². The van der Waals surface area contributed by atoms with Gasteiger partial charge in [0.2, 0.25) is 5.91 Å². The molecule has 2 saturated heterocycles. The molecule has 7 heteroatoms. The van der Waals surface area contributed by atoms with E-state index in [1.807, 2.05) is 36.4 Å². The van der Waals surface area contributed by atoms with Crippen molar-refractivity contribution < 1.29 is 22.8 Å². The molecule has 4 rings (SSSR count). The number of carbonyl (C=O) groups is 2. The summed E-state index contributed by atoms with van der Waals surface area (Å²) in [5, 5.41) is 0. The van der Waals surface area contributed by atoms with Crippen LogP contribution in [-0.2, 0) is 11.3 Å². The number of hydrogen-bond acceptors (Lipinski definition) is 3. The second-order valence-electron chi connectivity index (χ2n) is 8.82. The summed E-state index contributed by atoms with van der Waals surface area (Å²) >= 11 is 0. The van der Waals surface area contributed by atoms with Gasteiger partial charge >= 0.3 is 6.18 Å². The first kappa shape index (κ1) is 22.5. The fourth-order valence-corrected chi connectivity index (χ4v) is 4.88. The van der Waals surface area contributed by atoms with Crippen molar-refractivity contribution in [3.8, 4) is 0 Å². The van der Waals surface area contributed by atoms with Crippen LogP contribution in [0, 0.1) is 11.3 Å². The van der Waals surface area contributed by atoms with Gasteiger partial charge in [-0.1, -0.05) is 60.7 Å². The quantitative estimate of drug-likeness (QED) is 0.635. The molecule has 2 aromatic carbocycles. The summed E-state index contributed by atoms with van der Waals surface area (Å²) in [4.78, 5) is 28.9. The molecule has 0 spiro atoms. The Morgan fingerprint density at radius 3 is 2.09 bits per heavy atom.